The zero-order valence-electron chi connectivity index (χ0n) is 17.5. The smallest absolute Gasteiger partial charge is 0.255 e. The van der Waals surface area contributed by atoms with E-state index in [-0.39, 0.29) is 34.2 Å². The van der Waals surface area contributed by atoms with Crippen LogP contribution in [0.15, 0.2) is 48.5 Å². The van der Waals surface area contributed by atoms with Crippen LogP contribution in [0.5, 0.6) is 0 Å². The topological polar surface area (TPSA) is 69.7 Å². The number of benzene rings is 2. The van der Waals surface area contributed by atoms with Crippen LogP contribution in [-0.4, -0.2) is 59.7 Å². The molecule has 0 spiro atoms. The minimum Gasteiger partial charge on any atom is -0.340 e. The van der Waals surface area contributed by atoms with E-state index in [2.05, 4.69) is 5.32 Å². The molecule has 3 rings (SSSR count). The number of nitrogens with one attached hydrogen (secondary N) is 1. The molecule has 1 fully saturated rings. The second-order valence-corrected chi connectivity index (χ2v) is 8.21. The van der Waals surface area contributed by atoms with Crippen LogP contribution in [0.4, 0.5) is 4.39 Å². The molecule has 2 aromatic carbocycles. The molecule has 1 unspecified atom stereocenters. The highest BCUT2D eigenvalue weighted by atomic mass is 35.5. The summed E-state index contributed by atoms with van der Waals surface area (Å²) in [4.78, 5) is 41.6. The summed E-state index contributed by atoms with van der Waals surface area (Å²) < 4.78 is 13.2. The van der Waals surface area contributed by atoms with Crippen LogP contribution in [0.2, 0.25) is 5.02 Å². The fourth-order valence-corrected chi connectivity index (χ4v) is 3.74. The standard InChI is InChI=1S/C23H25ClFN3O3/c1-15(2)20(26-21(29)16-6-4-3-5-7-16)23(31)28-12-10-27(11-13-28)22(30)18-9-8-17(25)14-19(18)24/h3-9,14-15,20H,10-13H2,1-2H3,(H,26,29). The number of rotatable bonds is 5. The molecule has 0 aliphatic carbocycles. The summed E-state index contributed by atoms with van der Waals surface area (Å²) >= 11 is 6.01. The number of amides is 3. The Balaban J connectivity index is 1.62. The lowest BCUT2D eigenvalue weighted by atomic mass is 10.0. The van der Waals surface area contributed by atoms with Gasteiger partial charge in [0.15, 0.2) is 0 Å². The summed E-state index contributed by atoms with van der Waals surface area (Å²) in [5.41, 5.74) is 0.727. The van der Waals surface area contributed by atoms with Gasteiger partial charge in [0.2, 0.25) is 5.91 Å². The number of piperazine rings is 1. The SMILES string of the molecule is CC(C)C(NC(=O)c1ccccc1)C(=O)N1CCN(C(=O)c2ccc(F)cc2Cl)CC1. The largest absolute Gasteiger partial charge is 0.340 e. The van der Waals surface area contributed by atoms with Gasteiger partial charge in [0.05, 0.1) is 10.6 Å². The molecule has 1 heterocycles. The van der Waals surface area contributed by atoms with Crippen LogP contribution in [0, 0.1) is 11.7 Å². The van der Waals surface area contributed by atoms with E-state index in [0.29, 0.717) is 31.7 Å². The maximum Gasteiger partial charge on any atom is 0.255 e. The van der Waals surface area contributed by atoms with E-state index in [1.54, 1.807) is 34.1 Å². The Bertz CT molecular complexity index is 960. The molecule has 3 amide bonds. The van der Waals surface area contributed by atoms with Crippen molar-refractivity contribution in [2.75, 3.05) is 26.2 Å². The van der Waals surface area contributed by atoms with Crippen molar-refractivity contribution in [3.8, 4) is 0 Å². The van der Waals surface area contributed by atoms with E-state index in [1.165, 1.54) is 12.1 Å². The second kappa shape index (κ2) is 9.92. The van der Waals surface area contributed by atoms with Gasteiger partial charge in [0, 0.05) is 31.7 Å². The molecule has 0 radical (unpaired) electrons. The van der Waals surface area contributed by atoms with E-state index in [9.17, 15) is 18.8 Å². The highest BCUT2D eigenvalue weighted by molar-refractivity contribution is 6.33. The lowest BCUT2D eigenvalue weighted by Gasteiger charge is -2.37. The van der Waals surface area contributed by atoms with E-state index in [1.807, 2.05) is 19.9 Å². The number of hydrogen-bond acceptors (Lipinski definition) is 3. The Morgan fingerprint density at radius 3 is 2.16 bits per heavy atom. The number of nitrogens with zero attached hydrogens (tertiary/aromatic N) is 2. The average molecular weight is 446 g/mol. The predicted octanol–water partition coefficient (Wildman–Crippen LogP) is 3.22. The first kappa shape index (κ1) is 22.7. The lowest BCUT2D eigenvalue weighted by molar-refractivity contribution is -0.135. The minimum absolute atomic E-state index is 0.0620. The average Bonchev–Trinajstić information content (AvgIpc) is 2.77. The van der Waals surface area contributed by atoms with Gasteiger partial charge in [-0.05, 0) is 36.2 Å². The quantitative estimate of drug-likeness (QED) is 0.768. The third kappa shape index (κ3) is 5.41. The molecule has 0 aromatic heterocycles. The van der Waals surface area contributed by atoms with Gasteiger partial charge in [-0.1, -0.05) is 43.6 Å². The summed E-state index contributed by atoms with van der Waals surface area (Å²) in [5.74, 6) is -1.37. The molecule has 1 aliphatic rings. The number of carbonyl (C=O) groups is 3. The zero-order valence-corrected chi connectivity index (χ0v) is 18.2. The Kier molecular flexibility index (Phi) is 7.28. The van der Waals surface area contributed by atoms with Crippen molar-refractivity contribution >= 4 is 29.3 Å². The van der Waals surface area contributed by atoms with Crippen LogP contribution >= 0.6 is 11.6 Å². The number of carbonyl (C=O) groups excluding carboxylic acids is 3. The molecule has 0 bridgehead atoms. The van der Waals surface area contributed by atoms with Crippen LogP contribution < -0.4 is 5.32 Å². The van der Waals surface area contributed by atoms with E-state index in [0.717, 1.165) is 6.07 Å². The molecule has 164 valence electrons. The van der Waals surface area contributed by atoms with Crippen molar-refractivity contribution in [2.24, 2.45) is 5.92 Å². The summed E-state index contributed by atoms with van der Waals surface area (Å²) in [5, 5.41) is 2.90. The van der Waals surface area contributed by atoms with E-state index in [4.69, 9.17) is 11.6 Å². The van der Waals surface area contributed by atoms with Gasteiger partial charge in [-0.3, -0.25) is 14.4 Å². The molecule has 2 aromatic rings. The monoisotopic (exact) mass is 445 g/mol. The Hall–Kier alpha value is -2.93. The summed E-state index contributed by atoms with van der Waals surface area (Å²) in [6, 6.07) is 11.8. The second-order valence-electron chi connectivity index (χ2n) is 7.80. The zero-order chi connectivity index (χ0) is 22.5. The van der Waals surface area contributed by atoms with Crippen LogP contribution in [0.1, 0.15) is 34.6 Å². The van der Waals surface area contributed by atoms with Crippen molar-refractivity contribution < 1.29 is 18.8 Å². The first-order valence-corrected chi connectivity index (χ1v) is 10.5. The van der Waals surface area contributed by atoms with Crippen molar-refractivity contribution in [1.29, 1.82) is 0 Å². The predicted molar refractivity (Wildman–Crippen MR) is 116 cm³/mol. The molecule has 1 aliphatic heterocycles. The maximum atomic E-state index is 13.2. The van der Waals surface area contributed by atoms with Crippen LogP contribution in [0.25, 0.3) is 0 Å². The van der Waals surface area contributed by atoms with Gasteiger partial charge < -0.3 is 15.1 Å². The first-order chi connectivity index (χ1) is 14.8. The summed E-state index contributed by atoms with van der Waals surface area (Å²) in [6.07, 6.45) is 0. The van der Waals surface area contributed by atoms with Gasteiger partial charge in [0.1, 0.15) is 11.9 Å². The van der Waals surface area contributed by atoms with Crippen molar-refractivity contribution in [1.82, 2.24) is 15.1 Å². The maximum absolute atomic E-state index is 13.2. The van der Waals surface area contributed by atoms with Gasteiger partial charge in [0.25, 0.3) is 11.8 Å². The molecule has 0 saturated carbocycles. The normalized spacial score (nSPS) is 15.0. The third-order valence-corrected chi connectivity index (χ3v) is 5.61. The van der Waals surface area contributed by atoms with Crippen molar-refractivity contribution in [3.63, 3.8) is 0 Å². The lowest BCUT2D eigenvalue weighted by Crippen LogP contribution is -2.57. The molecule has 8 heteroatoms. The van der Waals surface area contributed by atoms with Crippen LogP contribution in [-0.2, 0) is 4.79 Å². The van der Waals surface area contributed by atoms with Crippen molar-refractivity contribution in [3.05, 3.63) is 70.5 Å². The number of hydrogen-bond donors (Lipinski definition) is 1. The van der Waals surface area contributed by atoms with Gasteiger partial charge in [-0.15, -0.1) is 0 Å². The third-order valence-electron chi connectivity index (χ3n) is 5.30. The Morgan fingerprint density at radius 2 is 1.58 bits per heavy atom. The summed E-state index contributed by atoms with van der Waals surface area (Å²) in [6.45, 7) is 5.10. The molecule has 31 heavy (non-hydrogen) atoms. The molecular weight excluding hydrogens is 421 g/mol. The first-order valence-electron chi connectivity index (χ1n) is 10.2. The van der Waals surface area contributed by atoms with Gasteiger partial charge >= 0.3 is 0 Å². The van der Waals surface area contributed by atoms with E-state index < -0.39 is 11.9 Å². The van der Waals surface area contributed by atoms with E-state index >= 15 is 0 Å². The molecule has 1 atom stereocenters. The highest BCUT2D eigenvalue weighted by Gasteiger charge is 2.32. The molecule has 6 nitrogen and oxygen atoms in total. The Morgan fingerprint density at radius 1 is 0.968 bits per heavy atom. The number of halogens is 2. The molecule has 1 N–H and O–H groups in total. The molecular formula is C23H25ClFN3O3. The fraction of sp³-hybridized carbons (Fsp3) is 0.348. The van der Waals surface area contributed by atoms with Crippen LogP contribution in [0.3, 0.4) is 0 Å². The fourth-order valence-electron chi connectivity index (χ4n) is 3.49. The van der Waals surface area contributed by atoms with Gasteiger partial charge in [-0.2, -0.15) is 0 Å². The van der Waals surface area contributed by atoms with Crippen molar-refractivity contribution in [2.45, 2.75) is 19.9 Å². The summed E-state index contributed by atoms with van der Waals surface area (Å²) in [7, 11) is 0. The van der Waals surface area contributed by atoms with Gasteiger partial charge in [-0.25, -0.2) is 4.39 Å². The Labute approximate surface area is 186 Å². The molecule has 1 saturated heterocycles. The minimum atomic E-state index is -0.665. The highest BCUT2D eigenvalue weighted by Crippen LogP contribution is 2.20.